The third-order valence-corrected chi connectivity index (χ3v) is 7.49. The minimum absolute atomic E-state index is 0.0879. The maximum Gasteiger partial charge on any atom is 0.184 e. The SMILES string of the molecule is CCCC[C@@H]1CC(O[C@H]2OCC(O[C@H]3OC[C@@H](OC4OC[C@@H](O)C[C@H]4O)C[C@H]3O)C[C@H]2O)COC1C. The van der Waals surface area contributed by atoms with Gasteiger partial charge in [-0.25, -0.2) is 0 Å². The molecule has 4 heterocycles. The fourth-order valence-electron chi connectivity index (χ4n) is 5.35. The lowest BCUT2D eigenvalue weighted by Crippen LogP contribution is -2.52. The van der Waals surface area contributed by atoms with E-state index in [2.05, 4.69) is 13.8 Å². The summed E-state index contributed by atoms with van der Waals surface area (Å²) in [5, 5.41) is 40.7. The molecular weight excluding hydrogens is 476 g/mol. The first kappa shape index (κ1) is 28.6. The van der Waals surface area contributed by atoms with Gasteiger partial charge in [-0.15, -0.1) is 0 Å². The Hall–Kier alpha value is -0.440. The van der Waals surface area contributed by atoms with Crippen molar-refractivity contribution in [1.29, 1.82) is 0 Å². The van der Waals surface area contributed by atoms with E-state index < -0.39 is 55.5 Å². The summed E-state index contributed by atoms with van der Waals surface area (Å²) in [7, 11) is 0. The lowest BCUT2D eigenvalue weighted by molar-refractivity contribution is -0.317. The molecule has 12 atom stereocenters. The van der Waals surface area contributed by atoms with Gasteiger partial charge in [-0.3, -0.25) is 0 Å². The molecule has 11 nitrogen and oxygen atoms in total. The fraction of sp³-hybridized carbons (Fsp3) is 1.00. The maximum absolute atomic E-state index is 10.6. The summed E-state index contributed by atoms with van der Waals surface area (Å²) in [6.45, 7) is 5.23. The summed E-state index contributed by atoms with van der Waals surface area (Å²) in [6, 6.07) is 0. The lowest BCUT2D eigenvalue weighted by Gasteiger charge is -2.41. The number of rotatable bonds is 9. The highest BCUT2D eigenvalue weighted by Crippen LogP contribution is 2.30. The first-order valence-corrected chi connectivity index (χ1v) is 13.5. The van der Waals surface area contributed by atoms with Crippen molar-refractivity contribution in [3.05, 3.63) is 0 Å². The predicted octanol–water partition coefficient (Wildman–Crippen LogP) is 0.440. The lowest BCUT2D eigenvalue weighted by atomic mass is 9.89. The van der Waals surface area contributed by atoms with Gasteiger partial charge in [0.25, 0.3) is 0 Å². The summed E-state index contributed by atoms with van der Waals surface area (Å²) in [5.41, 5.74) is 0. The van der Waals surface area contributed by atoms with E-state index in [0.717, 1.165) is 25.7 Å². The molecule has 4 N–H and O–H groups in total. The van der Waals surface area contributed by atoms with Gasteiger partial charge in [0.15, 0.2) is 18.9 Å². The molecule has 4 unspecified atom stereocenters. The van der Waals surface area contributed by atoms with Gasteiger partial charge >= 0.3 is 0 Å². The first-order chi connectivity index (χ1) is 17.3. The van der Waals surface area contributed by atoms with Gasteiger partial charge < -0.3 is 53.6 Å². The molecular formula is C25H44O11. The average molecular weight is 521 g/mol. The number of aliphatic hydroxyl groups excluding tert-OH is 4. The van der Waals surface area contributed by atoms with Crippen LogP contribution < -0.4 is 0 Å². The zero-order chi connectivity index (χ0) is 25.7. The van der Waals surface area contributed by atoms with Crippen molar-refractivity contribution < 1.29 is 53.6 Å². The van der Waals surface area contributed by atoms with Crippen molar-refractivity contribution in [1.82, 2.24) is 0 Å². The highest BCUT2D eigenvalue weighted by atomic mass is 16.7. The Balaban J connectivity index is 1.17. The smallest absolute Gasteiger partial charge is 0.184 e. The zero-order valence-electron chi connectivity index (χ0n) is 21.4. The normalized spacial score (nSPS) is 46.5. The van der Waals surface area contributed by atoms with E-state index in [1.165, 1.54) is 0 Å². The number of unbranched alkanes of at least 4 members (excludes halogenated alkanes) is 1. The average Bonchev–Trinajstić information content (AvgIpc) is 2.84. The van der Waals surface area contributed by atoms with Gasteiger partial charge in [0.1, 0.15) is 18.3 Å². The van der Waals surface area contributed by atoms with Crippen molar-refractivity contribution in [2.45, 2.75) is 126 Å². The van der Waals surface area contributed by atoms with Crippen molar-refractivity contribution >= 4 is 0 Å². The molecule has 210 valence electrons. The van der Waals surface area contributed by atoms with Gasteiger partial charge in [0.05, 0.1) is 56.9 Å². The molecule has 0 aromatic heterocycles. The van der Waals surface area contributed by atoms with E-state index in [0.29, 0.717) is 18.9 Å². The van der Waals surface area contributed by atoms with Crippen LogP contribution in [0, 0.1) is 5.92 Å². The number of hydrogen-bond donors (Lipinski definition) is 4. The molecule has 4 saturated heterocycles. The second-order valence-electron chi connectivity index (χ2n) is 10.6. The predicted molar refractivity (Wildman–Crippen MR) is 125 cm³/mol. The van der Waals surface area contributed by atoms with E-state index in [-0.39, 0.29) is 44.9 Å². The van der Waals surface area contributed by atoms with Gasteiger partial charge in [-0.1, -0.05) is 19.8 Å². The molecule has 0 aromatic rings. The zero-order valence-corrected chi connectivity index (χ0v) is 21.4. The van der Waals surface area contributed by atoms with Crippen LogP contribution >= 0.6 is 0 Å². The largest absolute Gasteiger partial charge is 0.391 e. The van der Waals surface area contributed by atoms with Crippen molar-refractivity contribution in [2.24, 2.45) is 5.92 Å². The molecule has 4 aliphatic rings. The van der Waals surface area contributed by atoms with Gasteiger partial charge in [0.2, 0.25) is 0 Å². The third-order valence-electron chi connectivity index (χ3n) is 7.49. The topological polar surface area (TPSA) is 146 Å². The summed E-state index contributed by atoms with van der Waals surface area (Å²) >= 11 is 0. The molecule has 0 aliphatic carbocycles. The second-order valence-corrected chi connectivity index (χ2v) is 10.6. The number of hydrogen-bond acceptors (Lipinski definition) is 11. The van der Waals surface area contributed by atoms with E-state index in [9.17, 15) is 20.4 Å². The van der Waals surface area contributed by atoms with Crippen LogP contribution in [0.3, 0.4) is 0 Å². The summed E-state index contributed by atoms with van der Waals surface area (Å²) in [5.74, 6) is 0.442. The van der Waals surface area contributed by atoms with Crippen LogP contribution in [0.2, 0.25) is 0 Å². The minimum atomic E-state index is -0.956. The molecule has 0 amide bonds. The van der Waals surface area contributed by atoms with Crippen LogP contribution in [0.25, 0.3) is 0 Å². The quantitative estimate of drug-likeness (QED) is 0.336. The maximum atomic E-state index is 10.6. The van der Waals surface area contributed by atoms with Crippen molar-refractivity contribution in [3.8, 4) is 0 Å². The molecule has 0 spiro atoms. The Morgan fingerprint density at radius 1 is 0.639 bits per heavy atom. The van der Waals surface area contributed by atoms with E-state index in [4.69, 9.17) is 33.2 Å². The van der Waals surface area contributed by atoms with Crippen LogP contribution in [0.4, 0.5) is 0 Å². The molecule has 0 aromatic carbocycles. The Bertz CT molecular complexity index is 653. The van der Waals surface area contributed by atoms with E-state index in [1.807, 2.05) is 0 Å². The first-order valence-electron chi connectivity index (χ1n) is 13.5. The van der Waals surface area contributed by atoms with E-state index >= 15 is 0 Å². The third kappa shape index (κ3) is 7.79. The van der Waals surface area contributed by atoms with Gasteiger partial charge in [0, 0.05) is 19.3 Å². The van der Waals surface area contributed by atoms with Crippen LogP contribution in [0.15, 0.2) is 0 Å². The molecule has 4 rings (SSSR count). The van der Waals surface area contributed by atoms with Crippen molar-refractivity contribution in [2.75, 3.05) is 26.4 Å². The highest BCUT2D eigenvalue weighted by Gasteiger charge is 2.40. The highest BCUT2D eigenvalue weighted by molar-refractivity contribution is 4.82. The molecule has 0 radical (unpaired) electrons. The Morgan fingerprint density at radius 2 is 1.11 bits per heavy atom. The minimum Gasteiger partial charge on any atom is -0.391 e. The number of aliphatic hydroxyl groups is 4. The molecule has 0 bridgehead atoms. The van der Waals surface area contributed by atoms with E-state index in [1.54, 1.807) is 0 Å². The van der Waals surface area contributed by atoms with Gasteiger partial charge in [-0.2, -0.15) is 0 Å². The van der Waals surface area contributed by atoms with Crippen LogP contribution in [0.1, 0.15) is 58.8 Å². The Morgan fingerprint density at radius 3 is 1.61 bits per heavy atom. The second kappa shape index (κ2) is 13.6. The van der Waals surface area contributed by atoms with Crippen LogP contribution in [-0.4, -0.2) is 115 Å². The van der Waals surface area contributed by atoms with Gasteiger partial charge in [-0.05, 0) is 25.7 Å². The van der Waals surface area contributed by atoms with Crippen LogP contribution in [0.5, 0.6) is 0 Å². The molecule has 4 aliphatic heterocycles. The Kier molecular flexibility index (Phi) is 10.8. The Labute approximate surface area is 212 Å². The summed E-state index contributed by atoms with van der Waals surface area (Å²) < 4.78 is 40.4. The standard InChI is InChI=1S/C25H44O11/c1-3-4-5-15-6-17(11-30-14(15)2)34-24-21(28)9-19(13-32-24)36-25-22(29)8-18(12-33-25)35-23-20(27)7-16(26)10-31-23/h14-29H,3-13H2,1-2H3/t14?,15-,16+,17?,18+,19?,20-,21-,22-,23?,24-,25-/m1/s1. The number of ether oxygens (including phenoxy) is 7. The van der Waals surface area contributed by atoms with Crippen LogP contribution in [-0.2, 0) is 33.2 Å². The molecule has 11 heteroatoms. The van der Waals surface area contributed by atoms with Crippen molar-refractivity contribution in [3.63, 3.8) is 0 Å². The summed E-state index contributed by atoms with van der Waals surface area (Å²) in [4.78, 5) is 0. The summed E-state index contributed by atoms with van der Waals surface area (Å²) in [6.07, 6.45) is -1.80. The molecule has 4 fully saturated rings. The molecule has 36 heavy (non-hydrogen) atoms. The molecule has 0 saturated carbocycles. The monoisotopic (exact) mass is 520 g/mol. The fourth-order valence-corrected chi connectivity index (χ4v) is 5.35.